The zero-order valence-corrected chi connectivity index (χ0v) is 9.59. The van der Waals surface area contributed by atoms with E-state index in [-0.39, 0.29) is 30.4 Å². The van der Waals surface area contributed by atoms with Crippen molar-refractivity contribution in [2.24, 2.45) is 5.92 Å². The zero-order chi connectivity index (χ0) is 11.5. The van der Waals surface area contributed by atoms with Crippen LogP contribution < -0.4 is 0 Å². The number of nitrogens with zero attached hydrogens (tertiary/aromatic N) is 2. The third-order valence-corrected chi connectivity index (χ3v) is 3.47. The van der Waals surface area contributed by atoms with E-state index >= 15 is 0 Å². The van der Waals surface area contributed by atoms with Crippen LogP contribution in [0.5, 0.6) is 0 Å². The lowest BCUT2D eigenvalue weighted by Crippen LogP contribution is -2.26. The molecular weight excluding hydrogens is 240 g/mol. The van der Waals surface area contributed by atoms with Crippen LogP contribution in [-0.4, -0.2) is 38.1 Å². The number of halogens is 1. The van der Waals surface area contributed by atoms with Crippen molar-refractivity contribution in [3.63, 3.8) is 0 Å². The molecule has 0 radical (unpaired) electrons. The highest BCUT2D eigenvalue weighted by Crippen LogP contribution is 2.20. The van der Waals surface area contributed by atoms with Crippen molar-refractivity contribution in [1.29, 1.82) is 5.26 Å². The number of carbonyl (C=O) groups is 1. The Kier molecular flexibility index (Phi) is 3.94. The summed E-state index contributed by atoms with van der Waals surface area (Å²) in [7, 11) is 1.56. The molecule has 1 rings (SSSR count). The minimum absolute atomic E-state index is 0.101. The fourth-order valence-corrected chi connectivity index (χ4v) is 2.97. The lowest BCUT2D eigenvalue weighted by molar-refractivity contribution is -0.127. The minimum Gasteiger partial charge on any atom is -0.341 e. The molecule has 0 aliphatic carbocycles. The van der Waals surface area contributed by atoms with Gasteiger partial charge in [-0.1, -0.05) is 0 Å². The molecule has 1 saturated heterocycles. The summed E-state index contributed by atoms with van der Waals surface area (Å²) in [5, 5.41) is 8.36. The van der Waals surface area contributed by atoms with Gasteiger partial charge in [-0.05, 0) is 0 Å². The molecule has 0 bridgehead atoms. The number of rotatable bonds is 4. The van der Waals surface area contributed by atoms with Crippen LogP contribution in [0, 0.1) is 17.2 Å². The number of amides is 1. The Hall–Kier alpha value is -0.800. The Morgan fingerprint density at radius 2 is 2.27 bits per heavy atom. The molecule has 0 aromatic carbocycles. The van der Waals surface area contributed by atoms with Crippen LogP contribution in [0.25, 0.3) is 0 Å². The van der Waals surface area contributed by atoms with Crippen LogP contribution >= 0.6 is 10.7 Å². The van der Waals surface area contributed by atoms with Gasteiger partial charge >= 0.3 is 0 Å². The van der Waals surface area contributed by atoms with Crippen molar-refractivity contribution >= 4 is 25.6 Å². The highest BCUT2D eigenvalue weighted by atomic mass is 35.7. The smallest absolute Gasteiger partial charge is 0.232 e. The summed E-state index contributed by atoms with van der Waals surface area (Å²) in [6.07, 6.45) is 0.476. The van der Waals surface area contributed by atoms with Gasteiger partial charge in [0.2, 0.25) is 15.0 Å². The van der Waals surface area contributed by atoms with E-state index < -0.39 is 9.05 Å². The first kappa shape index (κ1) is 12.3. The van der Waals surface area contributed by atoms with Gasteiger partial charge in [0.05, 0.1) is 18.2 Å². The van der Waals surface area contributed by atoms with Crippen LogP contribution in [0.2, 0.25) is 0 Å². The summed E-state index contributed by atoms with van der Waals surface area (Å²) in [5.41, 5.74) is 0. The van der Waals surface area contributed by atoms with Crippen LogP contribution in [0.4, 0.5) is 0 Å². The third kappa shape index (κ3) is 4.06. The Labute approximate surface area is 93.0 Å². The number of hydrogen-bond donors (Lipinski definition) is 0. The largest absolute Gasteiger partial charge is 0.341 e. The molecular formula is C8H11ClN2O3S. The maximum atomic E-state index is 11.4. The van der Waals surface area contributed by atoms with Crippen molar-refractivity contribution in [3.8, 4) is 6.07 Å². The quantitative estimate of drug-likeness (QED) is 0.673. The van der Waals surface area contributed by atoms with Crippen molar-refractivity contribution in [2.45, 2.75) is 12.8 Å². The van der Waals surface area contributed by atoms with E-state index in [1.54, 1.807) is 0 Å². The molecule has 1 heterocycles. The second kappa shape index (κ2) is 4.81. The molecule has 1 amide bonds. The van der Waals surface area contributed by atoms with E-state index in [2.05, 4.69) is 0 Å². The topological polar surface area (TPSA) is 78.2 Å². The maximum absolute atomic E-state index is 11.4. The van der Waals surface area contributed by atoms with Gasteiger partial charge in [-0.25, -0.2) is 8.42 Å². The summed E-state index contributed by atoms with van der Waals surface area (Å²) < 4.78 is 21.6. The molecule has 1 atom stereocenters. The highest BCUT2D eigenvalue weighted by Gasteiger charge is 2.31. The summed E-state index contributed by atoms with van der Waals surface area (Å²) in [4.78, 5) is 12.9. The van der Waals surface area contributed by atoms with Crippen LogP contribution in [0.15, 0.2) is 0 Å². The standard InChI is InChI=1S/C8H11ClN2O3S/c9-15(13,14)6-7-4-8(12)11(5-7)3-1-2-10/h7H,1,3-6H2. The first-order valence-corrected chi connectivity index (χ1v) is 6.97. The molecule has 1 unspecified atom stereocenters. The molecule has 7 heteroatoms. The van der Waals surface area contributed by atoms with Gasteiger partial charge in [-0.15, -0.1) is 0 Å². The zero-order valence-electron chi connectivity index (χ0n) is 8.02. The predicted octanol–water partition coefficient (Wildman–Crippen LogP) is 0.317. The molecule has 0 N–H and O–H groups in total. The van der Waals surface area contributed by atoms with Gasteiger partial charge in [0.25, 0.3) is 0 Å². The second-order valence-electron chi connectivity index (χ2n) is 3.52. The van der Waals surface area contributed by atoms with E-state index in [9.17, 15) is 13.2 Å². The molecule has 1 fully saturated rings. The molecule has 0 saturated carbocycles. The number of carbonyl (C=O) groups excluding carboxylic acids is 1. The molecule has 0 spiro atoms. The van der Waals surface area contributed by atoms with Crippen molar-refractivity contribution in [2.75, 3.05) is 18.8 Å². The van der Waals surface area contributed by atoms with Crippen molar-refractivity contribution in [1.82, 2.24) is 4.90 Å². The van der Waals surface area contributed by atoms with Gasteiger partial charge in [-0.2, -0.15) is 5.26 Å². The summed E-state index contributed by atoms with van der Waals surface area (Å²) in [6, 6.07) is 1.94. The van der Waals surface area contributed by atoms with Gasteiger partial charge in [0, 0.05) is 36.1 Å². The maximum Gasteiger partial charge on any atom is 0.232 e. The van der Waals surface area contributed by atoms with Crippen LogP contribution in [0.3, 0.4) is 0 Å². The molecule has 84 valence electrons. The lowest BCUT2D eigenvalue weighted by atomic mass is 10.1. The second-order valence-corrected chi connectivity index (χ2v) is 6.35. The number of likely N-dealkylation sites (tertiary alicyclic amines) is 1. The summed E-state index contributed by atoms with van der Waals surface area (Å²) >= 11 is 0. The Morgan fingerprint density at radius 3 is 2.80 bits per heavy atom. The first-order chi connectivity index (χ1) is 6.92. The average molecular weight is 251 g/mol. The third-order valence-electron chi connectivity index (χ3n) is 2.22. The number of nitriles is 1. The predicted molar refractivity (Wildman–Crippen MR) is 54.6 cm³/mol. The average Bonchev–Trinajstić information content (AvgIpc) is 2.39. The molecule has 1 aliphatic heterocycles. The van der Waals surface area contributed by atoms with Gasteiger partial charge in [-0.3, -0.25) is 4.79 Å². The molecule has 5 nitrogen and oxygen atoms in total. The molecule has 0 aromatic heterocycles. The Balaban J connectivity index is 2.49. The fourth-order valence-electron chi connectivity index (χ4n) is 1.65. The van der Waals surface area contributed by atoms with E-state index in [1.807, 2.05) is 6.07 Å². The van der Waals surface area contributed by atoms with E-state index in [1.165, 1.54) is 4.90 Å². The van der Waals surface area contributed by atoms with E-state index in [4.69, 9.17) is 15.9 Å². The van der Waals surface area contributed by atoms with Crippen molar-refractivity contribution < 1.29 is 13.2 Å². The van der Waals surface area contributed by atoms with Gasteiger partial charge < -0.3 is 4.90 Å². The Bertz CT molecular complexity index is 387. The molecule has 0 aromatic rings. The van der Waals surface area contributed by atoms with Gasteiger partial charge in [0.1, 0.15) is 0 Å². The summed E-state index contributed by atoms with van der Waals surface area (Å²) in [6.45, 7) is 0.751. The minimum atomic E-state index is -3.55. The first-order valence-electron chi connectivity index (χ1n) is 4.49. The fraction of sp³-hybridized carbons (Fsp3) is 0.750. The van der Waals surface area contributed by atoms with E-state index in [0.717, 1.165) is 0 Å². The van der Waals surface area contributed by atoms with Crippen molar-refractivity contribution in [3.05, 3.63) is 0 Å². The van der Waals surface area contributed by atoms with Gasteiger partial charge in [0.15, 0.2) is 0 Å². The normalized spacial score (nSPS) is 21.7. The lowest BCUT2D eigenvalue weighted by Gasteiger charge is -2.13. The SMILES string of the molecule is N#CCCN1CC(CS(=O)(=O)Cl)CC1=O. The monoisotopic (exact) mass is 250 g/mol. The molecule has 1 aliphatic rings. The van der Waals surface area contributed by atoms with Crippen LogP contribution in [0.1, 0.15) is 12.8 Å². The van der Waals surface area contributed by atoms with E-state index in [0.29, 0.717) is 13.1 Å². The highest BCUT2D eigenvalue weighted by molar-refractivity contribution is 8.13. The number of hydrogen-bond acceptors (Lipinski definition) is 4. The molecule has 15 heavy (non-hydrogen) atoms. The Morgan fingerprint density at radius 1 is 1.60 bits per heavy atom. The van der Waals surface area contributed by atoms with Crippen LogP contribution in [-0.2, 0) is 13.8 Å². The summed E-state index contributed by atoms with van der Waals surface area (Å²) in [5.74, 6) is -0.516.